The van der Waals surface area contributed by atoms with Crippen molar-refractivity contribution in [2.45, 2.75) is 6.54 Å². The van der Waals surface area contributed by atoms with Gasteiger partial charge in [-0.25, -0.2) is 4.98 Å². The van der Waals surface area contributed by atoms with Gasteiger partial charge in [-0.05, 0) is 12.1 Å². The Morgan fingerprint density at radius 2 is 2.26 bits per heavy atom. The average Bonchev–Trinajstić information content (AvgIpc) is 2.43. The molecule has 6 nitrogen and oxygen atoms in total. The SMILES string of the molecule is O=c1cc(CNCCOCCO)nc2ccccn12. The summed E-state index contributed by atoms with van der Waals surface area (Å²) in [6, 6.07) is 6.97. The topological polar surface area (TPSA) is 75.9 Å². The zero-order valence-electron chi connectivity index (χ0n) is 10.6. The highest BCUT2D eigenvalue weighted by molar-refractivity contribution is 5.37. The minimum absolute atomic E-state index is 0.0307. The summed E-state index contributed by atoms with van der Waals surface area (Å²) in [5.41, 5.74) is 1.26. The van der Waals surface area contributed by atoms with Crippen LogP contribution in [-0.4, -0.2) is 40.9 Å². The van der Waals surface area contributed by atoms with Crippen molar-refractivity contribution in [3.05, 3.63) is 46.5 Å². The number of pyridine rings is 1. The Labute approximate surface area is 110 Å². The van der Waals surface area contributed by atoms with Crippen molar-refractivity contribution in [1.29, 1.82) is 0 Å². The summed E-state index contributed by atoms with van der Waals surface area (Å²) in [6.45, 7) is 2.06. The van der Waals surface area contributed by atoms with E-state index in [1.165, 1.54) is 10.5 Å². The lowest BCUT2D eigenvalue weighted by Crippen LogP contribution is -2.23. The standard InChI is InChI=1S/C13H17N3O3/c17-6-8-19-7-4-14-10-11-9-13(18)16-5-2-1-3-12(16)15-11/h1-3,5,9,14,17H,4,6-8,10H2. The molecule has 0 spiro atoms. The van der Waals surface area contributed by atoms with Crippen molar-refractivity contribution < 1.29 is 9.84 Å². The zero-order valence-corrected chi connectivity index (χ0v) is 10.6. The van der Waals surface area contributed by atoms with Crippen molar-refractivity contribution in [1.82, 2.24) is 14.7 Å². The monoisotopic (exact) mass is 263 g/mol. The smallest absolute Gasteiger partial charge is 0.258 e. The van der Waals surface area contributed by atoms with Crippen molar-refractivity contribution in [2.24, 2.45) is 0 Å². The number of hydrogen-bond acceptors (Lipinski definition) is 5. The van der Waals surface area contributed by atoms with Crippen LogP contribution in [0.25, 0.3) is 5.65 Å². The van der Waals surface area contributed by atoms with Crippen LogP contribution in [0.2, 0.25) is 0 Å². The number of nitrogens with zero attached hydrogens (tertiary/aromatic N) is 2. The summed E-state index contributed by atoms with van der Waals surface area (Å²) in [5.74, 6) is 0. The highest BCUT2D eigenvalue weighted by Crippen LogP contribution is 1.98. The largest absolute Gasteiger partial charge is 0.394 e. The molecule has 0 fully saturated rings. The summed E-state index contributed by atoms with van der Waals surface area (Å²) in [7, 11) is 0. The molecule has 2 aromatic heterocycles. The molecule has 0 aromatic carbocycles. The van der Waals surface area contributed by atoms with Gasteiger partial charge in [0.1, 0.15) is 5.65 Å². The predicted molar refractivity (Wildman–Crippen MR) is 71.1 cm³/mol. The first kappa shape index (κ1) is 13.7. The Hall–Kier alpha value is -1.76. The average molecular weight is 263 g/mol. The number of fused-ring (bicyclic) bond motifs is 1. The first-order chi connectivity index (χ1) is 9.31. The zero-order chi connectivity index (χ0) is 13.5. The molecule has 19 heavy (non-hydrogen) atoms. The molecule has 0 unspecified atom stereocenters. The second-order valence-electron chi connectivity index (χ2n) is 4.03. The molecule has 0 saturated carbocycles. The minimum atomic E-state index is -0.0843. The second-order valence-corrected chi connectivity index (χ2v) is 4.03. The molecule has 102 valence electrons. The molecule has 0 aliphatic carbocycles. The molecule has 6 heteroatoms. The van der Waals surface area contributed by atoms with Crippen LogP contribution in [0.15, 0.2) is 35.3 Å². The molecule has 2 heterocycles. The quantitative estimate of drug-likeness (QED) is 0.676. The van der Waals surface area contributed by atoms with Gasteiger partial charge in [-0.2, -0.15) is 0 Å². The lowest BCUT2D eigenvalue weighted by molar-refractivity contribution is 0.0937. The van der Waals surface area contributed by atoms with Crippen LogP contribution in [-0.2, 0) is 11.3 Å². The van der Waals surface area contributed by atoms with Crippen molar-refractivity contribution in [2.75, 3.05) is 26.4 Å². The maximum absolute atomic E-state index is 11.8. The van der Waals surface area contributed by atoms with Gasteiger partial charge < -0.3 is 15.2 Å². The van der Waals surface area contributed by atoms with E-state index in [1.807, 2.05) is 6.07 Å². The van der Waals surface area contributed by atoms with Gasteiger partial charge in [-0.3, -0.25) is 9.20 Å². The Balaban J connectivity index is 1.92. The molecular formula is C13H17N3O3. The molecule has 0 aliphatic rings. The van der Waals surface area contributed by atoms with Crippen LogP contribution in [0, 0.1) is 0 Å². The number of ether oxygens (including phenoxy) is 1. The van der Waals surface area contributed by atoms with Crippen LogP contribution in [0.5, 0.6) is 0 Å². The van der Waals surface area contributed by atoms with Crippen molar-refractivity contribution >= 4 is 5.65 Å². The van der Waals surface area contributed by atoms with E-state index in [2.05, 4.69) is 10.3 Å². The van der Waals surface area contributed by atoms with Gasteiger partial charge in [0.15, 0.2) is 0 Å². The van der Waals surface area contributed by atoms with E-state index in [-0.39, 0.29) is 12.2 Å². The van der Waals surface area contributed by atoms with Crippen molar-refractivity contribution in [3.63, 3.8) is 0 Å². The van der Waals surface area contributed by atoms with Crippen molar-refractivity contribution in [3.8, 4) is 0 Å². The molecule has 0 atom stereocenters. The Morgan fingerprint density at radius 3 is 3.11 bits per heavy atom. The van der Waals surface area contributed by atoms with Gasteiger partial charge in [-0.15, -0.1) is 0 Å². The van der Waals surface area contributed by atoms with Crippen LogP contribution < -0.4 is 10.9 Å². The minimum Gasteiger partial charge on any atom is -0.394 e. The summed E-state index contributed by atoms with van der Waals surface area (Å²) >= 11 is 0. The van der Waals surface area contributed by atoms with Crippen LogP contribution >= 0.6 is 0 Å². The fourth-order valence-electron chi connectivity index (χ4n) is 1.72. The molecular weight excluding hydrogens is 246 g/mol. The highest BCUT2D eigenvalue weighted by Gasteiger charge is 2.01. The number of aliphatic hydroxyl groups excluding tert-OH is 1. The predicted octanol–water partition coefficient (Wildman–Crippen LogP) is -0.207. The van der Waals surface area contributed by atoms with E-state index in [1.54, 1.807) is 18.3 Å². The molecule has 2 rings (SSSR count). The number of nitrogens with one attached hydrogen (secondary N) is 1. The van der Waals surface area contributed by atoms with Gasteiger partial charge in [-0.1, -0.05) is 6.07 Å². The second kappa shape index (κ2) is 6.98. The Bertz CT molecular complexity index is 583. The number of hydrogen-bond donors (Lipinski definition) is 2. The normalized spacial score (nSPS) is 11.0. The molecule has 0 saturated heterocycles. The Kier molecular flexibility index (Phi) is 5.02. The third-order valence-corrected chi connectivity index (χ3v) is 2.59. The first-order valence-corrected chi connectivity index (χ1v) is 6.18. The maximum atomic E-state index is 11.8. The van der Waals surface area contributed by atoms with Gasteiger partial charge in [0.2, 0.25) is 0 Å². The van der Waals surface area contributed by atoms with E-state index >= 15 is 0 Å². The van der Waals surface area contributed by atoms with Crippen LogP contribution in [0.4, 0.5) is 0 Å². The Morgan fingerprint density at radius 1 is 1.37 bits per heavy atom. The van der Waals surface area contributed by atoms with E-state index in [9.17, 15) is 4.79 Å². The third-order valence-electron chi connectivity index (χ3n) is 2.59. The molecule has 2 aromatic rings. The molecule has 0 aliphatic heterocycles. The summed E-state index contributed by atoms with van der Waals surface area (Å²) < 4.78 is 6.62. The number of aromatic nitrogens is 2. The van der Waals surface area contributed by atoms with Crippen LogP contribution in [0.1, 0.15) is 5.69 Å². The van der Waals surface area contributed by atoms with E-state index in [0.717, 1.165) is 0 Å². The van der Waals surface area contributed by atoms with E-state index in [4.69, 9.17) is 9.84 Å². The number of aliphatic hydroxyl groups is 1. The van der Waals surface area contributed by atoms with Gasteiger partial charge in [0, 0.05) is 25.4 Å². The van der Waals surface area contributed by atoms with Gasteiger partial charge in [0.05, 0.1) is 25.5 Å². The van der Waals surface area contributed by atoms with Crippen LogP contribution in [0.3, 0.4) is 0 Å². The fraction of sp³-hybridized carbons (Fsp3) is 0.385. The van der Waals surface area contributed by atoms with Gasteiger partial charge >= 0.3 is 0 Å². The lowest BCUT2D eigenvalue weighted by Gasteiger charge is -2.06. The lowest BCUT2D eigenvalue weighted by atomic mass is 10.3. The molecule has 0 radical (unpaired) electrons. The van der Waals surface area contributed by atoms with E-state index in [0.29, 0.717) is 37.6 Å². The first-order valence-electron chi connectivity index (χ1n) is 6.18. The summed E-state index contributed by atoms with van der Waals surface area (Å²) in [6.07, 6.45) is 1.70. The van der Waals surface area contributed by atoms with Gasteiger partial charge in [0.25, 0.3) is 5.56 Å². The summed E-state index contributed by atoms with van der Waals surface area (Å²) in [5, 5.41) is 11.7. The number of rotatable bonds is 7. The molecule has 2 N–H and O–H groups in total. The molecule has 0 bridgehead atoms. The van der Waals surface area contributed by atoms with E-state index < -0.39 is 0 Å². The maximum Gasteiger partial charge on any atom is 0.258 e. The highest BCUT2D eigenvalue weighted by atomic mass is 16.5. The summed E-state index contributed by atoms with van der Waals surface area (Å²) in [4.78, 5) is 16.2. The molecule has 0 amide bonds. The fourth-order valence-corrected chi connectivity index (χ4v) is 1.72. The third kappa shape index (κ3) is 3.85.